The number of aliphatic hydroxyl groups excluding tert-OH is 1. The molecule has 0 aliphatic carbocycles. The highest BCUT2D eigenvalue weighted by molar-refractivity contribution is 6.04. The van der Waals surface area contributed by atoms with Crippen LogP contribution >= 0.6 is 0 Å². The van der Waals surface area contributed by atoms with Gasteiger partial charge in [-0.15, -0.1) is 0 Å². The van der Waals surface area contributed by atoms with Gasteiger partial charge >= 0.3 is 6.09 Å². The van der Waals surface area contributed by atoms with Crippen molar-refractivity contribution in [3.8, 4) is 17.2 Å². The van der Waals surface area contributed by atoms with Crippen LogP contribution in [0.1, 0.15) is 52.5 Å². The van der Waals surface area contributed by atoms with Crippen LogP contribution in [0.2, 0.25) is 0 Å². The summed E-state index contributed by atoms with van der Waals surface area (Å²) in [5, 5.41) is 35.5. The number of hydrogen-bond acceptors (Lipinski definition) is 9. The number of methoxy groups -OCH3 is 3. The Hall–Kier alpha value is -3.28. The number of benzene rings is 1. The van der Waals surface area contributed by atoms with Crippen LogP contribution in [0.25, 0.3) is 0 Å². The summed E-state index contributed by atoms with van der Waals surface area (Å²) in [7, 11) is 4.38. The topological polar surface area (TPSA) is 170 Å². The average molecular weight is 565 g/mol. The molecule has 1 aromatic carbocycles. The van der Waals surface area contributed by atoms with Crippen molar-refractivity contribution in [3.05, 3.63) is 34.9 Å². The summed E-state index contributed by atoms with van der Waals surface area (Å²) < 4.78 is 22.0. The molecule has 11 nitrogen and oxygen atoms in total. The van der Waals surface area contributed by atoms with E-state index in [1.165, 1.54) is 27.4 Å². The first-order valence-corrected chi connectivity index (χ1v) is 13.3. The van der Waals surface area contributed by atoms with Gasteiger partial charge in [0.25, 0.3) is 5.91 Å². The second-order valence-corrected chi connectivity index (χ2v) is 10.4. The number of hydrogen-bond donors (Lipinski definition) is 5. The number of primary amides is 1. The van der Waals surface area contributed by atoms with Crippen molar-refractivity contribution in [1.29, 1.82) is 0 Å². The number of anilines is 1. The summed E-state index contributed by atoms with van der Waals surface area (Å²) in [6, 6.07) is 1.24. The Morgan fingerprint density at radius 2 is 1.75 bits per heavy atom. The molecule has 6 atom stereocenters. The molecule has 11 heteroatoms. The van der Waals surface area contributed by atoms with Gasteiger partial charge in [-0.25, -0.2) is 4.79 Å². The minimum absolute atomic E-state index is 0.0395. The monoisotopic (exact) mass is 564 g/mol. The molecule has 1 aromatic rings. The van der Waals surface area contributed by atoms with Gasteiger partial charge in [-0.2, -0.15) is 0 Å². The van der Waals surface area contributed by atoms with Crippen LogP contribution in [0.5, 0.6) is 17.2 Å². The number of nitrogens with one attached hydrogen (secondary N) is 1. The average Bonchev–Trinajstić information content (AvgIpc) is 2.90. The predicted molar refractivity (Wildman–Crippen MR) is 150 cm³/mol. The molecule has 0 radical (unpaired) electrons. The highest BCUT2D eigenvalue weighted by atomic mass is 16.6. The third kappa shape index (κ3) is 8.36. The molecule has 224 valence electrons. The molecule has 0 saturated carbocycles. The van der Waals surface area contributed by atoms with E-state index in [0.29, 0.717) is 36.0 Å². The number of aromatic hydroxyl groups is 2. The van der Waals surface area contributed by atoms with E-state index < -0.39 is 42.3 Å². The Kier molecular flexibility index (Phi) is 12.3. The molecular weight excluding hydrogens is 520 g/mol. The van der Waals surface area contributed by atoms with E-state index in [1.807, 2.05) is 13.8 Å². The van der Waals surface area contributed by atoms with E-state index in [-0.39, 0.29) is 35.3 Å². The van der Waals surface area contributed by atoms with Gasteiger partial charge in [-0.1, -0.05) is 26.0 Å². The van der Waals surface area contributed by atoms with Crippen LogP contribution in [0.15, 0.2) is 29.4 Å². The Bertz CT molecular complexity index is 1100. The third-order valence-electron chi connectivity index (χ3n) is 7.31. The first-order valence-electron chi connectivity index (χ1n) is 13.3. The number of aliphatic hydroxyl groups is 1. The number of phenols is 2. The molecule has 0 spiro atoms. The van der Waals surface area contributed by atoms with Gasteiger partial charge in [-0.05, 0) is 51.0 Å². The van der Waals surface area contributed by atoms with Crippen LogP contribution in [0.3, 0.4) is 0 Å². The summed E-state index contributed by atoms with van der Waals surface area (Å²) in [4.78, 5) is 24.7. The summed E-state index contributed by atoms with van der Waals surface area (Å²) in [5.41, 5.74) is 6.74. The molecule has 0 saturated heterocycles. The van der Waals surface area contributed by atoms with Gasteiger partial charge in [0.2, 0.25) is 0 Å². The summed E-state index contributed by atoms with van der Waals surface area (Å²) in [5.74, 6) is -1.35. The van der Waals surface area contributed by atoms with Gasteiger partial charge in [0.05, 0.1) is 31.1 Å². The second-order valence-electron chi connectivity index (χ2n) is 10.4. The largest absolute Gasteiger partial charge is 0.505 e. The van der Waals surface area contributed by atoms with E-state index in [9.17, 15) is 24.9 Å². The van der Waals surface area contributed by atoms with Crippen LogP contribution in [0.4, 0.5) is 10.5 Å². The lowest BCUT2D eigenvalue weighted by Gasteiger charge is -2.30. The summed E-state index contributed by atoms with van der Waals surface area (Å²) >= 11 is 0. The van der Waals surface area contributed by atoms with Crippen molar-refractivity contribution in [2.24, 2.45) is 17.6 Å². The number of amides is 2. The zero-order valence-electron chi connectivity index (χ0n) is 24.4. The lowest BCUT2D eigenvalue weighted by molar-refractivity contribution is -0.112. The molecule has 1 heterocycles. The zero-order chi connectivity index (χ0) is 30.1. The first-order chi connectivity index (χ1) is 18.8. The van der Waals surface area contributed by atoms with E-state index >= 15 is 0 Å². The number of nitrogens with two attached hydrogens (primary N) is 1. The van der Waals surface area contributed by atoms with Crippen molar-refractivity contribution in [1.82, 2.24) is 0 Å². The molecule has 2 amide bonds. The number of carbonyl (C=O) groups is 2. The predicted octanol–water partition coefficient (Wildman–Crippen LogP) is 3.79. The molecule has 1 aliphatic heterocycles. The number of carbonyl (C=O) groups excluding carboxylic acids is 2. The fourth-order valence-corrected chi connectivity index (χ4v) is 5.12. The third-order valence-corrected chi connectivity index (χ3v) is 7.31. The first kappa shape index (κ1) is 32.9. The summed E-state index contributed by atoms with van der Waals surface area (Å²) in [6.45, 7) is 7.15. The fourth-order valence-electron chi connectivity index (χ4n) is 5.12. The number of phenolic OH excluding ortho intramolecular Hbond substituents is 2. The van der Waals surface area contributed by atoms with Gasteiger partial charge in [0, 0.05) is 37.3 Å². The highest BCUT2D eigenvalue weighted by Crippen LogP contribution is 2.44. The molecule has 2 bridgehead atoms. The van der Waals surface area contributed by atoms with E-state index in [2.05, 4.69) is 5.32 Å². The maximum absolute atomic E-state index is 12.9. The molecule has 0 fully saturated rings. The highest BCUT2D eigenvalue weighted by Gasteiger charge is 2.31. The smallest absolute Gasteiger partial charge is 0.405 e. The Morgan fingerprint density at radius 1 is 1.10 bits per heavy atom. The fraction of sp³-hybridized carbons (Fsp3) is 0.586. The van der Waals surface area contributed by atoms with Crippen LogP contribution in [-0.4, -0.2) is 73.1 Å². The lowest BCUT2D eigenvalue weighted by Crippen LogP contribution is -2.37. The van der Waals surface area contributed by atoms with Crippen molar-refractivity contribution < 1.29 is 43.9 Å². The molecule has 0 unspecified atom stereocenters. The summed E-state index contributed by atoms with van der Waals surface area (Å²) in [6.07, 6.45) is 1.12. The van der Waals surface area contributed by atoms with Gasteiger partial charge in [0.15, 0.2) is 17.6 Å². The van der Waals surface area contributed by atoms with Crippen molar-refractivity contribution >= 4 is 17.7 Å². The van der Waals surface area contributed by atoms with Crippen LogP contribution in [-0.2, 0) is 25.4 Å². The normalized spacial score (nSPS) is 29.9. The molecule has 40 heavy (non-hydrogen) atoms. The Labute approximate surface area is 235 Å². The zero-order valence-corrected chi connectivity index (χ0v) is 24.4. The quantitative estimate of drug-likeness (QED) is 0.207. The number of ether oxygens (including phenoxy) is 4. The minimum Gasteiger partial charge on any atom is -0.505 e. The minimum atomic E-state index is -0.957. The van der Waals surface area contributed by atoms with Crippen molar-refractivity contribution in [3.63, 3.8) is 0 Å². The van der Waals surface area contributed by atoms with Crippen LogP contribution < -0.4 is 15.8 Å². The molecular formula is C29H44N2O9. The van der Waals surface area contributed by atoms with Crippen molar-refractivity contribution in [2.75, 3.05) is 26.6 Å². The Balaban J connectivity index is 2.59. The second kappa shape index (κ2) is 14.9. The maximum atomic E-state index is 12.9. The van der Waals surface area contributed by atoms with E-state index in [0.717, 1.165) is 0 Å². The van der Waals surface area contributed by atoms with Crippen molar-refractivity contribution in [2.45, 2.75) is 77.8 Å². The number of fused-ring (bicyclic) bond motifs is 2. The van der Waals surface area contributed by atoms with E-state index in [1.54, 1.807) is 26.0 Å². The van der Waals surface area contributed by atoms with Gasteiger partial charge < -0.3 is 45.3 Å². The maximum Gasteiger partial charge on any atom is 0.405 e. The van der Waals surface area contributed by atoms with Gasteiger partial charge in [-0.3, -0.25) is 4.79 Å². The Morgan fingerprint density at radius 3 is 2.33 bits per heavy atom. The number of allylic oxidation sites excluding steroid dienone is 1. The standard InChI is InChI=1S/C29H44N2O9/c1-15-11-19-25(34)20(14-21(32)27(19)39-7)31-28(35)16(2)9-8-10-22(37-5)26(40-29(30)36)18(4)13-17(3)24(33)23(12-15)38-6/h9,13-15,17,22-24,26,32-34H,8,10-12H2,1-7H3,(H2,30,36)(H,31,35)/b16-9+,18-13+/t15-,17+,22+,23+,24-,26+/m1/s1. The lowest BCUT2D eigenvalue weighted by atomic mass is 9.87. The number of rotatable bonds is 4. The van der Waals surface area contributed by atoms with E-state index in [4.69, 9.17) is 24.7 Å². The SMILES string of the molecule is COc1c(O)cc2c(O)c1C[C@@H](C)C[C@H](OC)[C@H](O)[C@@H](C)/C=C(\C)[C@H](OC(N)=O)[C@@H](OC)CC/C=C(\C)C(=O)N2. The molecule has 6 N–H and O–H groups in total. The van der Waals surface area contributed by atoms with Gasteiger partial charge in [0.1, 0.15) is 5.75 Å². The molecule has 0 aromatic heterocycles. The molecule has 2 rings (SSSR count). The molecule has 1 aliphatic rings. The van der Waals surface area contributed by atoms with Crippen LogP contribution in [0, 0.1) is 11.8 Å².